The SMILES string of the molecule is CC(O)c1ccc(N2CC(=O)NC(=O)C2(C)C)c(Cl)c1. The summed E-state index contributed by atoms with van der Waals surface area (Å²) in [6.07, 6.45) is -0.624. The predicted octanol–water partition coefficient (Wildman–Crippen LogP) is 1.63. The molecule has 2 N–H and O–H groups in total. The first-order valence-electron chi connectivity index (χ1n) is 6.33. The second-order valence-corrected chi connectivity index (χ2v) is 5.82. The maximum Gasteiger partial charge on any atom is 0.251 e. The van der Waals surface area contributed by atoms with Crippen molar-refractivity contribution in [2.24, 2.45) is 0 Å². The smallest absolute Gasteiger partial charge is 0.251 e. The van der Waals surface area contributed by atoms with Gasteiger partial charge >= 0.3 is 0 Å². The maximum atomic E-state index is 11.9. The summed E-state index contributed by atoms with van der Waals surface area (Å²) >= 11 is 6.23. The largest absolute Gasteiger partial charge is 0.389 e. The molecule has 2 rings (SSSR count). The van der Waals surface area contributed by atoms with Crippen molar-refractivity contribution < 1.29 is 14.7 Å². The number of rotatable bonds is 2. The summed E-state index contributed by atoms with van der Waals surface area (Å²) in [4.78, 5) is 25.2. The summed E-state index contributed by atoms with van der Waals surface area (Å²) in [7, 11) is 0. The van der Waals surface area contributed by atoms with E-state index in [4.69, 9.17) is 11.6 Å². The van der Waals surface area contributed by atoms with Gasteiger partial charge in [0.15, 0.2) is 0 Å². The number of nitrogens with one attached hydrogen (secondary N) is 1. The van der Waals surface area contributed by atoms with Gasteiger partial charge in [-0.15, -0.1) is 0 Å². The first kappa shape index (κ1) is 14.8. The van der Waals surface area contributed by atoms with Crippen LogP contribution in [0.3, 0.4) is 0 Å². The number of carbonyl (C=O) groups excluding carboxylic acids is 2. The average molecular weight is 297 g/mol. The van der Waals surface area contributed by atoms with Crippen molar-refractivity contribution in [3.63, 3.8) is 0 Å². The van der Waals surface area contributed by atoms with E-state index in [1.165, 1.54) is 0 Å². The van der Waals surface area contributed by atoms with Crippen molar-refractivity contribution in [1.82, 2.24) is 5.32 Å². The van der Waals surface area contributed by atoms with Crippen LogP contribution in [0.1, 0.15) is 32.4 Å². The van der Waals surface area contributed by atoms with Crippen LogP contribution in [-0.2, 0) is 9.59 Å². The molecule has 0 aromatic heterocycles. The molecule has 1 aromatic carbocycles. The quantitative estimate of drug-likeness (QED) is 0.814. The van der Waals surface area contributed by atoms with Crippen molar-refractivity contribution in [2.75, 3.05) is 11.4 Å². The fourth-order valence-corrected chi connectivity index (χ4v) is 2.46. The lowest BCUT2D eigenvalue weighted by atomic mass is 9.97. The lowest BCUT2D eigenvalue weighted by Gasteiger charge is -2.42. The third-order valence-electron chi connectivity index (χ3n) is 3.53. The van der Waals surface area contributed by atoms with E-state index in [2.05, 4.69) is 5.32 Å². The zero-order valence-corrected chi connectivity index (χ0v) is 12.4. The van der Waals surface area contributed by atoms with Crippen LogP contribution in [0.15, 0.2) is 18.2 Å². The van der Waals surface area contributed by atoms with E-state index >= 15 is 0 Å². The van der Waals surface area contributed by atoms with E-state index in [-0.39, 0.29) is 18.4 Å². The number of imide groups is 1. The Bertz CT molecular complexity index is 570. The molecule has 0 spiro atoms. The van der Waals surface area contributed by atoms with Gasteiger partial charge in [-0.2, -0.15) is 0 Å². The van der Waals surface area contributed by atoms with Crippen molar-refractivity contribution in [2.45, 2.75) is 32.4 Å². The highest BCUT2D eigenvalue weighted by Gasteiger charge is 2.41. The molecule has 1 fully saturated rings. The molecular formula is C14H17ClN2O3. The van der Waals surface area contributed by atoms with Gasteiger partial charge in [-0.3, -0.25) is 14.9 Å². The van der Waals surface area contributed by atoms with E-state index in [0.717, 1.165) is 0 Å². The molecule has 2 amide bonds. The van der Waals surface area contributed by atoms with Crippen LogP contribution in [0.4, 0.5) is 5.69 Å². The van der Waals surface area contributed by atoms with Crippen LogP contribution in [0.5, 0.6) is 0 Å². The molecule has 0 bridgehead atoms. The topological polar surface area (TPSA) is 69.6 Å². The number of anilines is 1. The van der Waals surface area contributed by atoms with Gasteiger partial charge in [0, 0.05) is 0 Å². The van der Waals surface area contributed by atoms with Crippen LogP contribution in [0.25, 0.3) is 0 Å². The van der Waals surface area contributed by atoms with Gasteiger partial charge in [-0.25, -0.2) is 0 Å². The van der Waals surface area contributed by atoms with E-state index < -0.39 is 11.6 Å². The van der Waals surface area contributed by atoms with E-state index in [1.54, 1.807) is 43.9 Å². The Morgan fingerprint density at radius 2 is 2.05 bits per heavy atom. The minimum Gasteiger partial charge on any atom is -0.389 e. The number of piperazine rings is 1. The highest BCUT2D eigenvalue weighted by Crippen LogP contribution is 2.34. The van der Waals surface area contributed by atoms with Crippen molar-refractivity contribution in [3.05, 3.63) is 28.8 Å². The Morgan fingerprint density at radius 3 is 2.60 bits per heavy atom. The van der Waals surface area contributed by atoms with Gasteiger partial charge in [0.25, 0.3) is 5.91 Å². The fraction of sp³-hybridized carbons (Fsp3) is 0.429. The van der Waals surface area contributed by atoms with Crippen molar-refractivity contribution >= 4 is 29.1 Å². The molecule has 1 saturated heterocycles. The molecule has 1 aliphatic heterocycles. The monoisotopic (exact) mass is 296 g/mol. The molecule has 1 atom stereocenters. The van der Waals surface area contributed by atoms with E-state index in [1.807, 2.05) is 0 Å². The third kappa shape index (κ3) is 2.51. The van der Waals surface area contributed by atoms with Gasteiger partial charge in [0.2, 0.25) is 5.91 Å². The summed E-state index contributed by atoms with van der Waals surface area (Å²) in [6.45, 7) is 5.17. The molecule has 5 nitrogen and oxygen atoms in total. The standard InChI is InChI=1S/C14H17ClN2O3/c1-8(18)9-4-5-11(10(15)6-9)17-7-12(19)16-13(20)14(17,2)3/h4-6,8,18H,7H2,1-3H3,(H,16,19,20). The van der Waals surface area contributed by atoms with Gasteiger partial charge in [0.1, 0.15) is 5.54 Å². The van der Waals surface area contributed by atoms with Crippen LogP contribution in [-0.4, -0.2) is 29.0 Å². The first-order valence-corrected chi connectivity index (χ1v) is 6.70. The minimum atomic E-state index is -0.871. The number of hydrogen-bond acceptors (Lipinski definition) is 4. The number of aliphatic hydroxyl groups excluding tert-OH is 1. The van der Waals surface area contributed by atoms with E-state index in [9.17, 15) is 14.7 Å². The lowest BCUT2D eigenvalue weighted by molar-refractivity contribution is -0.135. The normalized spacial score (nSPS) is 19.8. The maximum absolute atomic E-state index is 11.9. The fourth-order valence-electron chi connectivity index (χ4n) is 2.17. The van der Waals surface area contributed by atoms with Crippen molar-refractivity contribution in [1.29, 1.82) is 0 Å². The zero-order chi connectivity index (χ0) is 15.1. The average Bonchev–Trinajstić information content (AvgIpc) is 2.34. The summed E-state index contributed by atoms with van der Waals surface area (Å²) in [6, 6.07) is 5.10. The Hall–Kier alpha value is -1.59. The second kappa shape index (κ2) is 5.07. The molecule has 1 unspecified atom stereocenters. The van der Waals surface area contributed by atoms with Crippen molar-refractivity contribution in [3.8, 4) is 0 Å². The zero-order valence-electron chi connectivity index (χ0n) is 11.6. The first-order chi connectivity index (χ1) is 9.23. The Balaban J connectivity index is 2.44. The number of nitrogens with zero attached hydrogens (tertiary/aromatic N) is 1. The summed E-state index contributed by atoms with van der Waals surface area (Å²) < 4.78 is 0. The summed E-state index contributed by atoms with van der Waals surface area (Å²) in [5.41, 5.74) is 0.415. The van der Waals surface area contributed by atoms with Crippen LogP contribution < -0.4 is 10.2 Å². The van der Waals surface area contributed by atoms with Gasteiger partial charge in [-0.1, -0.05) is 17.7 Å². The van der Waals surface area contributed by atoms with Gasteiger partial charge < -0.3 is 10.0 Å². The predicted molar refractivity (Wildman–Crippen MR) is 76.7 cm³/mol. The number of hydrogen-bond donors (Lipinski definition) is 2. The molecular weight excluding hydrogens is 280 g/mol. The van der Waals surface area contributed by atoms with Crippen LogP contribution in [0, 0.1) is 0 Å². The molecule has 0 saturated carbocycles. The molecule has 6 heteroatoms. The molecule has 1 heterocycles. The molecule has 0 aliphatic carbocycles. The highest BCUT2D eigenvalue weighted by molar-refractivity contribution is 6.33. The second-order valence-electron chi connectivity index (χ2n) is 5.41. The molecule has 20 heavy (non-hydrogen) atoms. The Labute approximate surface area is 122 Å². The number of carbonyl (C=O) groups is 2. The molecule has 1 aromatic rings. The summed E-state index contributed by atoms with van der Waals surface area (Å²) in [5, 5.41) is 12.3. The minimum absolute atomic E-state index is 0.0620. The lowest BCUT2D eigenvalue weighted by Crippen LogP contribution is -2.64. The Kier molecular flexibility index (Phi) is 3.75. The number of aliphatic hydroxyl groups is 1. The van der Waals surface area contributed by atoms with E-state index in [0.29, 0.717) is 16.3 Å². The highest BCUT2D eigenvalue weighted by atomic mass is 35.5. The third-order valence-corrected chi connectivity index (χ3v) is 3.83. The van der Waals surface area contributed by atoms with Gasteiger partial charge in [-0.05, 0) is 38.5 Å². The van der Waals surface area contributed by atoms with Gasteiger partial charge in [0.05, 0.1) is 23.4 Å². The molecule has 108 valence electrons. The molecule has 0 radical (unpaired) electrons. The number of benzene rings is 1. The number of amides is 2. The Morgan fingerprint density at radius 1 is 1.40 bits per heavy atom. The molecule has 1 aliphatic rings. The van der Waals surface area contributed by atoms with Crippen LogP contribution >= 0.6 is 11.6 Å². The number of halogens is 1. The summed E-state index contributed by atoms with van der Waals surface area (Å²) in [5.74, 6) is -0.714. The van der Waals surface area contributed by atoms with Crippen LogP contribution in [0.2, 0.25) is 5.02 Å².